The number of ether oxygens (including phenoxy) is 2. The molecule has 0 saturated heterocycles. The number of nitrogens with two attached hydrogens (primary N) is 1. The lowest BCUT2D eigenvalue weighted by Gasteiger charge is -2.11. The zero-order chi connectivity index (χ0) is 12.7. The summed E-state index contributed by atoms with van der Waals surface area (Å²) < 4.78 is 10.6. The summed E-state index contributed by atoms with van der Waals surface area (Å²) in [7, 11) is 1.70. The van der Waals surface area contributed by atoms with Gasteiger partial charge in [0.25, 0.3) is 0 Å². The predicted molar refractivity (Wildman–Crippen MR) is 70.7 cm³/mol. The summed E-state index contributed by atoms with van der Waals surface area (Å²) in [6, 6.07) is 5.66. The molecule has 0 aromatic heterocycles. The summed E-state index contributed by atoms with van der Waals surface area (Å²) in [5, 5.41) is 0.617. The van der Waals surface area contributed by atoms with Gasteiger partial charge in [-0.15, -0.1) is 0 Å². The highest BCUT2D eigenvalue weighted by atomic mass is 35.5. The molecular formula is C13H20ClNO2. The zero-order valence-electron chi connectivity index (χ0n) is 10.4. The second-order valence-electron chi connectivity index (χ2n) is 4.03. The Hall–Kier alpha value is -0.770. The molecule has 1 rings (SSSR count). The molecule has 17 heavy (non-hydrogen) atoms. The maximum Gasteiger partial charge on any atom is 0.137 e. The minimum absolute atomic E-state index is 0.0109. The Morgan fingerprint density at radius 3 is 2.59 bits per heavy atom. The van der Waals surface area contributed by atoms with Gasteiger partial charge in [-0.05, 0) is 37.5 Å². The SMILES string of the molecule is COCCCCOc1ccc(C(C)N)cc1Cl. The first-order valence-corrected chi connectivity index (χ1v) is 6.19. The van der Waals surface area contributed by atoms with Crippen LogP contribution in [0.5, 0.6) is 5.75 Å². The Kier molecular flexibility index (Phi) is 6.34. The highest BCUT2D eigenvalue weighted by Gasteiger charge is 2.05. The quantitative estimate of drug-likeness (QED) is 0.763. The van der Waals surface area contributed by atoms with Gasteiger partial charge in [0.2, 0.25) is 0 Å². The molecular weight excluding hydrogens is 238 g/mol. The number of methoxy groups -OCH3 is 1. The minimum Gasteiger partial charge on any atom is -0.492 e. The van der Waals surface area contributed by atoms with Crippen molar-refractivity contribution in [2.45, 2.75) is 25.8 Å². The van der Waals surface area contributed by atoms with E-state index in [0.717, 1.165) is 25.0 Å². The van der Waals surface area contributed by atoms with Crippen molar-refractivity contribution in [2.75, 3.05) is 20.3 Å². The van der Waals surface area contributed by atoms with Gasteiger partial charge in [-0.25, -0.2) is 0 Å². The molecule has 0 amide bonds. The third-order valence-electron chi connectivity index (χ3n) is 2.48. The summed E-state index contributed by atoms with van der Waals surface area (Å²) in [4.78, 5) is 0. The number of rotatable bonds is 7. The van der Waals surface area contributed by atoms with Gasteiger partial charge in [0.1, 0.15) is 5.75 Å². The van der Waals surface area contributed by atoms with E-state index in [4.69, 9.17) is 26.8 Å². The molecule has 0 heterocycles. The second kappa shape index (κ2) is 7.54. The lowest BCUT2D eigenvalue weighted by atomic mass is 10.1. The molecule has 1 atom stereocenters. The first-order chi connectivity index (χ1) is 8.15. The van der Waals surface area contributed by atoms with E-state index in [1.807, 2.05) is 25.1 Å². The van der Waals surface area contributed by atoms with Crippen molar-refractivity contribution in [3.8, 4) is 5.75 Å². The highest BCUT2D eigenvalue weighted by molar-refractivity contribution is 6.32. The van der Waals surface area contributed by atoms with Crippen LogP contribution in [0.1, 0.15) is 31.4 Å². The van der Waals surface area contributed by atoms with Crippen molar-refractivity contribution in [2.24, 2.45) is 5.73 Å². The average molecular weight is 258 g/mol. The van der Waals surface area contributed by atoms with Crippen LogP contribution in [0.4, 0.5) is 0 Å². The Morgan fingerprint density at radius 1 is 1.29 bits per heavy atom. The Bertz CT molecular complexity index is 342. The van der Waals surface area contributed by atoms with Crippen LogP contribution < -0.4 is 10.5 Å². The van der Waals surface area contributed by atoms with Crippen molar-refractivity contribution in [1.29, 1.82) is 0 Å². The van der Waals surface area contributed by atoms with Crippen LogP contribution in [0.15, 0.2) is 18.2 Å². The predicted octanol–water partition coefficient (Wildman–Crippen LogP) is 3.17. The first kappa shape index (κ1) is 14.3. The van der Waals surface area contributed by atoms with Crippen molar-refractivity contribution in [1.82, 2.24) is 0 Å². The van der Waals surface area contributed by atoms with E-state index in [2.05, 4.69) is 0 Å². The molecule has 0 aliphatic heterocycles. The van der Waals surface area contributed by atoms with E-state index in [1.165, 1.54) is 0 Å². The smallest absolute Gasteiger partial charge is 0.137 e. The average Bonchev–Trinajstić information content (AvgIpc) is 2.30. The summed E-state index contributed by atoms with van der Waals surface area (Å²) in [6.45, 7) is 3.35. The molecule has 96 valence electrons. The summed E-state index contributed by atoms with van der Waals surface area (Å²) in [6.07, 6.45) is 1.95. The van der Waals surface area contributed by atoms with Crippen LogP contribution in [0.3, 0.4) is 0 Å². The van der Waals surface area contributed by atoms with Gasteiger partial charge >= 0.3 is 0 Å². The molecule has 0 spiro atoms. The topological polar surface area (TPSA) is 44.5 Å². The molecule has 1 aromatic carbocycles. The molecule has 0 fully saturated rings. The van der Waals surface area contributed by atoms with Crippen molar-refractivity contribution in [3.05, 3.63) is 28.8 Å². The van der Waals surface area contributed by atoms with Crippen LogP contribution in [0.2, 0.25) is 5.02 Å². The third-order valence-corrected chi connectivity index (χ3v) is 2.78. The second-order valence-corrected chi connectivity index (χ2v) is 4.43. The number of halogens is 1. The van der Waals surface area contributed by atoms with Crippen LogP contribution >= 0.6 is 11.6 Å². The van der Waals surface area contributed by atoms with Gasteiger partial charge < -0.3 is 15.2 Å². The Labute approximate surface area is 108 Å². The standard InChI is InChI=1S/C13H20ClNO2/c1-10(15)11-5-6-13(12(14)9-11)17-8-4-3-7-16-2/h5-6,9-10H,3-4,7-8,15H2,1-2H3. The largest absolute Gasteiger partial charge is 0.492 e. The number of benzene rings is 1. The molecule has 0 radical (unpaired) electrons. The van der Waals surface area contributed by atoms with Gasteiger partial charge in [-0.3, -0.25) is 0 Å². The van der Waals surface area contributed by atoms with E-state index in [-0.39, 0.29) is 6.04 Å². The maximum atomic E-state index is 6.11. The molecule has 1 aromatic rings. The lowest BCUT2D eigenvalue weighted by Crippen LogP contribution is -2.05. The van der Waals surface area contributed by atoms with E-state index in [1.54, 1.807) is 7.11 Å². The number of hydrogen-bond donors (Lipinski definition) is 1. The van der Waals surface area contributed by atoms with Crippen molar-refractivity contribution >= 4 is 11.6 Å². The molecule has 0 saturated carbocycles. The number of hydrogen-bond acceptors (Lipinski definition) is 3. The molecule has 0 aliphatic carbocycles. The zero-order valence-corrected chi connectivity index (χ0v) is 11.2. The summed E-state index contributed by atoms with van der Waals surface area (Å²) >= 11 is 6.11. The van der Waals surface area contributed by atoms with Gasteiger partial charge in [0, 0.05) is 19.8 Å². The summed E-state index contributed by atoms with van der Waals surface area (Å²) in [5.41, 5.74) is 6.79. The van der Waals surface area contributed by atoms with Crippen molar-refractivity contribution in [3.63, 3.8) is 0 Å². The molecule has 0 bridgehead atoms. The van der Waals surface area contributed by atoms with Crippen LogP contribution in [0.25, 0.3) is 0 Å². The highest BCUT2D eigenvalue weighted by Crippen LogP contribution is 2.27. The normalized spacial score (nSPS) is 12.5. The lowest BCUT2D eigenvalue weighted by molar-refractivity contribution is 0.184. The molecule has 3 nitrogen and oxygen atoms in total. The molecule has 1 unspecified atom stereocenters. The Morgan fingerprint density at radius 2 is 2.00 bits per heavy atom. The Balaban J connectivity index is 2.43. The fraction of sp³-hybridized carbons (Fsp3) is 0.538. The molecule has 0 aliphatic rings. The maximum absolute atomic E-state index is 6.11. The van der Waals surface area contributed by atoms with Gasteiger partial charge in [0.15, 0.2) is 0 Å². The van der Waals surface area contributed by atoms with Crippen LogP contribution in [-0.2, 0) is 4.74 Å². The first-order valence-electron chi connectivity index (χ1n) is 5.82. The van der Waals surface area contributed by atoms with Crippen molar-refractivity contribution < 1.29 is 9.47 Å². The summed E-state index contributed by atoms with van der Waals surface area (Å²) in [5.74, 6) is 0.716. The fourth-order valence-electron chi connectivity index (χ4n) is 1.45. The van der Waals surface area contributed by atoms with Crippen LogP contribution in [-0.4, -0.2) is 20.3 Å². The minimum atomic E-state index is -0.0109. The number of unbranched alkanes of at least 4 members (excludes halogenated alkanes) is 1. The van der Waals surface area contributed by atoms with Crippen LogP contribution in [0, 0.1) is 0 Å². The van der Waals surface area contributed by atoms with E-state index in [9.17, 15) is 0 Å². The molecule has 2 N–H and O–H groups in total. The van der Waals surface area contributed by atoms with Gasteiger partial charge in [0.05, 0.1) is 11.6 Å². The monoisotopic (exact) mass is 257 g/mol. The van der Waals surface area contributed by atoms with Gasteiger partial charge in [-0.2, -0.15) is 0 Å². The van der Waals surface area contributed by atoms with E-state index in [0.29, 0.717) is 17.4 Å². The molecule has 4 heteroatoms. The van der Waals surface area contributed by atoms with E-state index >= 15 is 0 Å². The van der Waals surface area contributed by atoms with E-state index < -0.39 is 0 Å². The fourth-order valence-corrected chi connectivity index (χ4v) is 1.69. The third kappa shape index (κ3) is 4.94. The van der Waals surface area contributed by atoms with Gasteiger partial charge in [-0.1, -0.05) is 17.7 Å².